The molecule has 0 aliphatic carbocycles. The van der Waals surface area contributed by atoms with Gasteiger partial charge in [-0.1, -0.05) is 151 Å². The van der Waals surface area contributed by atoms with Crippen LogP contribution in [0.25, 0.3) is 0 Å². The van der Waals surface area contributed by atoms with E-state index in [0.29, 0.717) is 19.8 Å². The van der Waals surface area contributed by atoms with E-state index in [1.54, 1.807) is 0 Å². The topological polar surface area (TPSA) is 38.7 Å². The first-order chi connectivity index (χ1) is 17.3. The zero-order valence-electron chi connectivity index (χ0n) is 22.2. The molecule has 2 aromatic rings. The van der Waals surface area contributed by atoms with Crippen molar-refractivity contribution in [3.63, 3.8) is 0 Å². The summed E-state index contributed by atoms with van der Waals surface area (Å²) in [7, 11) is 0. The van der Waals surface area contributed by atoms with E-state index >= 15 is 0 Å². The summed E-state index contributed by atoms with van der Waals surface area (Å²) in [6.45, 7) is 3.62. The summed E-state index contributed by atoms with van der Waals surface area (Å²) < 4.78 is 12.0. The van der Waals surface area contributed by atoms with Gasteiger partial charge in [-0.25, -0.2) is 0 Å². The number of ether oxygens (including phenoxy) is 2. The van der Waals surface area contributed by atoms with Gasteiger partial charge in [0.2, 0.25) is 0 Å². The molecule has 0 fully saturated rings. The van der Waals surface area contributed by atoms with Gasteiger partial charge in [-0.05, 0) is 17.5 Å². The highest BCUT2D eigenvalue weighted by Crippen LogP contribution is 2.17. The third kappa shape index (κ3) is 15.1. The van der Waals surface area contributed by atoms with Crippen LogP contribution in [0.1, 0.15) is 108 Å². The van der Waals surface area contributed by atoms with Gasteiger partial charge < -0.3 is 14.6 Å². The van der Waals surface area contributed by atoms with Crippen LogP contribution >= 0.6 is 0 Å². The Morgan fingerprint density at radius 3 is 1.57 bits per heavy atom. The quantitative estimate of drug-likeness (QED) is 0.171. The Morgan fingerprint density at radius 1 is 0.600 bits per heavy atom. The largest absolute Gasteiger partial charge is 0.388 e. The molecule has 0 aliphatic rings. The van der Waals surface area contributed by atoms with E-state index in [4.69, 9.17) is 9.47 Å². The van der Waals surface area contributed by atoms with E-state index < -0.39 is 6.10 Å². The second-order valence-electron chi connectivity index (χ2n) is 9.93. The molecular formula is C32H50O3. The molecule has 1 N–H and O–H groups in total. The molecule has 0 amide bonds. The van der Waals surface area contributed by atoms with Crippen molar-refractivity contribution in [1.82, 2.24) is 0 Å². The van der Waals surface area contributed by atoms with Crippen LogP contribution in [-0.2, 0) is 22.7 Å². The molecule has 0 saturated carbocycles. The third-order valence-corrected chi connectivity index (χ3v) is 6.73. The highest BCUT2D eigenvalue weighted by Gasteiger charge is 2.20. The van der Waals surface area contributed by atoms with Gasteiger partial charge in [0.15, 0.2) is 0 Å². The lowest BCUT2D eigenvalue weighted by atomic mass is 10.0. The van der Waals surface area contributed by atoms with Crippen LogP contribution in [0.4, 0.5) is 0 Å². The molecule has 196 valence electrons. The normalized spacial score (nSPS) is 13.1. The first-order valence-electron chi connectivity index (χ1n) is 14.2. The average molecular weight is 483 g/mol. The number of unbranched alkanes of at least 4 members (excludes halogenated alkanes) is 12. The maximum atomic E-state index is 10.8. The highest BCUT2D eigenvalue weighted by molar-refractivity contribution is 5.14. The van der Waals surface area contributed by atoms with Crippen molar-refractivity contribution in [3.8, 4) is 0 Å². The van der Waals surface area contributed by atoms with E-state index in [1.807, 2.05) is 48.5 Å². The summed E-state index contributed by atoms with van der Waals surface area (Å²) in [5.41, 5.74) is 2.26. The monoisotopic (exact) mass is 482 g/mol. The summed E-state index contributed by atoms with van der Waals surface area (Å²) >= 11 is 0. The summed E-state index contributed by atoms with van der Waals surface area (Å²) in [5, 5.41) is 10.8. The lowest BCUT2D eigenvalue weighted by Crippen LogP contribution is -2.33. The minimum absolute atomic E-state index is 0.196. The predicted octanol–water partition coefficient (Wildman–Crippen LogP) is 8.63. The van der Waals surface area contributed by atoms with Crippen LogP contribution in [0.3, 0.4) is 0 Å². The summed E-state index contributed by atoms with van der Waals surface area (Å²) in [6.07, 6.45) is 17.5. The maximum Gasteiger partial charge on any atom is 0.103 e. The Hall–Kier alpha value is -1.68. The Bertz CT molecular complexity index is 703. The summed E-state index contributed by atoms with van der Waals surface area (Å²) in [4.78, 5) is 0. The summed E-state index contributed by atoms with van der Waals surface area (Å²) in [6, 6.07) is 20.3. The zero-order chi connectivity index (χ0) is 24.8. The maximum absolute atomic E-state index is 10.8. The number of hydrogen-bond acceptors (Lipinski definition) is 3. The van der Waals surface area contributed by atoms with Gasteiger partial charge in [-0.2, -0.15) is 0 Å². The molecular weight excluding hydrogens is 432 g/mol. The van der Waals surface area contributed by atoms with Crippen LogP contribution in [0, 0.1) is 0 Å². The predicted molar refractivity (Wildman–Crippen MR) is 147 cm³/mol. The standard InChI is InChI=1S/C32H50O3/c1-2-3-4-5-6-7-8-9-10-11-12-13-20-25-32(35-27-30-23-18-15-19-24-30)31(33)28-34-26-29-21-16-14-17-22-29/h14-19,21-24,31-33H,2-13,20,25-28H2,1H3/t31-,32-/m1/s1. The molecule has 2 aromatic carbocycles. The molecule has 0 radical (unpaired) electrons. The van der Waals surface area contributed by atoms with Crippen LogP contribution in [0.5, 0.6) is 0 Å². The van der Waals surface area contributed by atoms with Crippen molar-refractivity contribution in [2.45, 2.75) is 122 Å². The average Bonchev–Trinajstić information content (AvgIpc) is 2.89. The fourth-order valence-electron chi connectivity index (χ4n) is 4.51. The molecule has 35 heavy (non-hydrogen) atoms. The Labute approximate surface area is 215 Å². The molecule has 0 bridgehead atoms. The zero-order valence-corrected chi connectivity index (χ0v) is 22.2. The molecule has 0 saturated heterocycles. The van der Waals surface area contributed by atoms with Gasteiger partial charge in [0, 0.05) is 0 Å². The Balaban J connectivity index is 1.60. The number of aliphatic hydroxyl groups is 1. The second kappa shape index (κ2) is 20.5. The lowest BCUT2D eigenvalue weighted by Gasteiger charge is -2.24. The first-order valence-corrected chi connectivity index (χ1v) is 14.2. The molecule has 3 heteroatoms. The number of benzene rings is 2. The fraction of sp³-hybridized carbons (Fsp3) is 0.625. The van der Waals surface area contributed by atoms with Crippen molar-refractivity contribution in [2.24, 2.45) is 0 Å². The lowest BCUT2D eigenvalue weighted by molar-refractivity contribution is -0.0842. The van der Waals surface area contributed by atoms with Crippen molar-refractivity contribution >= 4 is 0 Å². The molecule has 2 atom stereocenters. The van der Waals surface area contributed by atoms with E-state index in [1.165, 1.54) is 77.0 Å². The van der Waals surface area contributed by atoms with Crippen molar-refractivity contribution < 1.29 is 14.6 Å². The van der Waals surface area contributed by atoms with Gasteiger partial charge in [0.1, 0.15) is 6.10 Å². The number of rotatable bonds is 22. The number of hydrogen-bond donors (Lipinski definition) is 1. The minimum atomic E-state index is -0.611. The van der Waals surface area contributed by atoms with Gasteiger partial charge in [-0.3, -0.25) is 0 Å². The molecule has 0 aliphatic heterocycles. The smallest absolute Gasteiger partial charge is 0.103 e. The van der Waals surface area contributed by atoms with Crippen molar-refractivity contribution in [3.05, 3.63) is 71.8 Å². The molecule has 0 heterocycles. The minimum Gasteiger partial charge on any atom is -0.388 e. The van der Waals surface area contributed by atoms with Crippen molar-refractivity contribution in [2.75, 3.05) is 6.61 Å². The SMILES string of the molecule is CCCCCCCCCCCCCCC[C@@H](OCc1ccccc1)[C@H](O)COCc1ccccc1. The van der Waals surface area contributed by atoms with Gasteiger partial charge in [0.05, 0.1) is 25.9 Å². The van der Waals surface area contributed by atoms with Gasteiger partial charge in [-0.15, -0.1) is 0 Å². The number of aliphatic hydroxyl groups excluding tert-OH is 1. The first kappa shape index (κ1) is 29.5. The summed E-state index contributed by atoms with van der Waals surface area (Å²) in [5.74, 6) is 0. The van der Waals surface area contributed by atoms with Crippen LogP contribution in [-0.4, -0.2) is 23.9 Å². The van der Waals surface area contributed by atoms with Crippen molar-refractivity contribution in [1.29, 1.82) is 0 Å². The van der Waals surface area contributed by atoms with E-state index in [9.17, 15) is 5.11 Å². The molecule has 0 aromatic heterocycles. The molecule has 3 nitrogen and oxygen atoms in total. The van der Waals surface area contributed by atoms with Crippen LogP contribution in [0.2, 0.25) is 0 Å². The van der Waals surface area contributed by atoms with E-state index in [0.717, 1.165) is 24.0 Å². The van der Waals surface area contributed by atoms with Crippen LogP contribution in [0.15, 0.2) is 60.7 Å². The Morgan fingerprint density at radius 2 is 1.06 bits per heavy atom. The van der Waals surface area contributed by atoms with E-state index in [-0.39, 0.29) is 6.10 Å². The second-order valence-corrected chi connectivity index (χ2v) is 9.93. The molecule has 0 unspecified atom stereocenters. The fourth-order valence-corrected chi connectivity index (χ4v) is 4.51. The third-order valence-electron chi connectivity index (χ3n) is 6.73. The van der Waals surface area contributed by atoms with E-state index in [2.05, 4.69) is 19.1 Å². The van der Waals surface area contributed by atoms with Crippen LogP contribution < -0.4 is 0 Å². The van der Waals surface area contributed by atoms with Gasteiger partial charge in [0.25, 0.3) is 0 Å². The Kier molecular flexibility index (Phi) is 17.3. The molecule has 2 rings (SSSR count). The highest BCUT2D eigenvalue weighted by atomic mass is 16.5. The van der Waals surface area contributed by atoms with Gasteiger partial charge >= 0.3 is 0 Å². The molecule has 0 spiro atoms.